The van der Waals surface area contributed by atoms with E-state index in [9.17, 15) is 5.11 Å². The molecule has 3 N–H and O–H groups in total. The Balaban J connectivity index is 2.13. The first kappa shape index (κ1) is 9.01. The largest absolute Gasteiger partial charge is 0.392 e. The fourth-order valence-electron chi connectivity index (χ4n) is 1.90. The van der Waals surface area contributed by atoms with Crippen molar-refractivity contribution in [2.45, 2.75) is 44.6 Å². The van der Waals surface area contributed by atoms with Crippen LogP contribution in [0.5, 0.6) is 0 Å². The van der Waals surface area contributed by atoms with E-state index in [0.29, 0.717) is 6.54 Å². The fraction of sp³-hybridized carbons (Fsp3) is 1.00. The molecular weight excluding hydrogens is 138 g/mol. The van der Waals surface area contributed by atoms with Crippen molar-refractivity contribution in [1.82, 2.24) is 0 Å². The van der Waals surface area contributed by atoms with Crippen molar-refractivity contribution in [2.24, 2.45) is 11.7 Å². The van der Waals surface area contributed by atoms with Gasteiger partial charge in [0.1, 0.15) is 0 Å². The normalized spacial score (nSPS) is 23.5. The lowest BCUT2D eigenvalue weighted by Gasteiger charge is -2.23. The third-order valence-electron chi connectivity index (χ3n) is 2.60. The summed E-state index contributed by atoms with van der Waals surface area (Å²) in [6, 6.07) is 0. The summed E-state index contributed by atoms with van der Waals surface area (Å²) in [6.07, 6.45) is 7.36. The van der Waals surface area contributed by atoms with Gasteiger partial charge in [-0.3, -0.25) is 0 Å². The van der Waals surface area contributed by atoms with E-state index in [1.54, 1.807) is 0 Å². The van der Waals surface area contributed by atoms with Gasteiger partial charge < -0.3 is 10.8 Å². The van der Waals surface area contributed by atoms with Crippen LogP contribution < -0.4 is 5.73 Å². The molecule has 0 saturated heterocycles. The van der Waals surface area contributed by atoms with Crippen LogP contribution in [0.4, 0.5) is 0 Å². The van der Waals surface area contributed by atoms with Gasteiger partial charge in [0.15, 0.2) is 0 Å². The maximum atomic E-state index is 9.29. The molecule has 1 fully saturated rings. The zero-order valence-electron chi connectivity index (χ0n) is 7.13. The maximum Gasteiger partial charge on any atom is 0.0665 e. The van der Waals surface area contributed by atoms with Gasteiger partial charge in [0.05, 0.1) is 6.10 Å². The van der Waals surface area contributed by atoms with E-state index in [4.69, 9.17) is 5.73 Å². The molecule has 0 radical (unpaired) electrons. The summed E-state index contributed by atoms with van der Waals surface area (Å²) in [5, 5.41) is 9.29. The van der Waals surface area contributed by atoms with Gasteiger partial charge in [0, 0.05) is 6.54 Å². The van der Waals surface area contributed by atoms with E-state index < -0.39 is 0 Å². The van der Waals surface area contributed by atoms with E-state index in [1.165, 1.54) is 32.1 Å². The van der Waals surface area contributed by atoms with Crippen molar-refractivity contribution in [3.63, 3.8) is 0 Å². The van der Waals surface area contributed by atoms with Crippen molar-refractivity contribution < 1.29 is 5.11 Å². The molecule has 1 aliphatic carbocycles. The third-order valence-corrected chi connectivity index (χ3v) is 2.60. The van der Waals surface area contributed by atoms with Crippen molar-refractivity contribution in [3.05, 3.63) is 0 Å². The quantitative estimate of drug-likeness (QED) is 0.648. The summed E-state index contributed by atoms with van der Waals surface area (Å²) in [4.78, 5) is 0. The second-order valence-electron chi connectivity index (χ2n) is 3.63. The highest BCUT2D eigenvalue weighted by Crippen LogP contribution is 2.26. The zero-order valence-corrected chi connectivity index (χ0v) is 7.13. The average molecular weight is 157 g/mol. The van der Waals surface area contributed by atoms with E-state index in [2.05, 4.69) is 0 Å². The van der Waals surface area contributed by atoms with E-state index in [0.717, 1.165) is 12.3 Å². The molecule has 11 heavy (non-hydrogen) atoms. The highest BCUT2D eigenvalue weighted by atomic mass is 16.3. The molecule has 0 aromatic rings. The average Bonchev–Trinajstić information content (AvgIpc) is 2.06. The lowest BCUT2D eigenvalue weighted by Crippen LogP contribution is -2.23. The SMILES string of the molecule is NC[C@@H](O)CC1CCCCC1. The number of nitrogens with two attached hydrogens (primary N) is 1. The molecule has 1 aliphatic rings. The lowest BCUT2D eigenvalue weighted by molar-refractivity contribution is 0.137. The van der Waals surface area contributed by atoms with Crippen molar-refractivity contribution in [2.75, 3.05) is 6.54 Å². The van der Waals surface area contributed by atoms with Gasteiger partial charge >= 0.3 is 0 Å². The second kappa shape index (κ2) is 4.73. The Bertz CT molecular complexity index is 99.7. The molecule has 2 heteroatoms. The Morgan fingerprint density at radius 2 is 1.91 bits per heavy atom. The molecule has 1 atom stereocenters. The van der Waals surface area contributed by atoms with Gasteiger partial charge in [-0.05, 0) is 12.3 Å². The Morgan fingerprint density at radius 3 is 2.45 bits per heavy atom. The number of hydrogen-bond acceptors (Lipinski definition) is 2. The Kier molecular flexibility index (Phi) is 3.87. The molecule has 66 valence electrons. The number of aliphatic hydroxyl groups is 1. The summed E-state index contributed by atoms with van der Waals surface area (Å²) in [5.74, 6) is 0.752. The molecule has 0 heterocycles. The van der Waals surface area contributed by atoms with Crippen LogP contribution in [0.2, 0.25) is 0 Å². The molecule has 0 spiro atoms. The molecule has 2 nitrogen and oxygen atoms in total. The summed E-state index contributed by atoms with van der Waals surface area (Å²) in [6.45, 7) is 0.427. The van der Waals surface area contributed by atoms with Crippen LogP contribution >= 0.6 is 0 Å². The summed E-state index contributed by atoms with van der Waals surface area (Å²) in [5.41, 5.74) is 5.34. The molecule has 0 aromatic heterocycles. The molecular formula is C9H19NO. The Morgan fingerprint density at radius 1 is 1.27 bits per heavy atom. The minimum Gasteiger partial charge on any atom is -0.392 e. The molecule has 0 amide bonds. The van der Waals surface area contributed by atoms with E-state index in [-0.39, 0.29) is 6.10 Å². The highest BCUT2D eigenvalue weighted by Gasteiger charge is 2.16. The third kappa shape index (κ3) is 3.21. The van der Waals surface area contributed by atoms with Gasteiger partial charge in [0.2, 0.25) is 0 Å². The summed E-state index contributed by atoms with van der Waals surface area (Å²) >= 11 is 0. The van der Waals surface area contributed by atoms with Crippen molar-refractivity contribution in [3.8, 4) is 0 Å². The standard InChI is InChI=1S/C9H19NO/c10-7-9(11)6-8-4-2-1-3-5-8/h8-9,11H,1-7,10H2/t9-/m0/s1. The molecule has 0 unspecified atom stereocenters. The van der Waals surface area contributed by atoms with Gasteiger partial charge in [0.25, 0.3) is 0 Å². The first-order valence-electron chi connectivity index (χ1n) is 4.71. The van der Waals surface area contributed by atoms with Gasteiger partial charge in [-0.25, -0.2) is 0 Å². The number of hydrogen-bond donors (Lipinski definition) is 2. The van der Waals surface area contributed by atoms with Crippen LogP contribution in [0.25, 0.3) is 0 Å². The molecule has 0 aliphatic heterocycles. The second-order valence-corrected chi connectivity index (χ2v) is 3.63. The monoisotopic (exact) mass is 157 g/mol. The van der Waals surface area contributed by atoms with E-state index >= 15 is 0 Å². The van der Waals surface area contributed by atoms with Gasteiger partial charge in [-0.1, -0.05) is 32.1 Å². The minimum absolute atomic E-state index is 0.252. The Labute approximate surface area is 68.8 Å². The fourth-order valence-corrected chi connectivity index (χ4v) is 1.90. The van der Waals surface area contributed by atoms with E-state index in [1.807, 2.05) is 0 Å². The first-order valence-corrected chi connectivity index (χ1v) is 4.71. The minimum atomic E-state index is -0.252. The number of rotatable bonds is 3. The molecule has 0 aromatic carbocycles. The van der Waals surface area contributed by atoms with Crippen LogP contribution in [0.15, 0.2) is 0 Å². The van der Waals surface area contributed by atoms with Crippen molar-refractivity contribution in [1.29, 1.82) is 0 Å². The smallest absolute Gasteiger partial charge is 0.0665 e. The zero-order chi connectivity index (χ0) is 8.10. The first-order chi connectivity index (χ1) is 5.33. The molecule has 1 saturated carbocycles. The highest BCUT2D eigenvalue weighted by molar-refractivity contribution is 4.69. The topological polar surface area (TPSA) is 46.2 Å². The predicted molar refractivity (Wildman–Crippen MR) is 46.3 cm³/mol. The van der Waals surface area contributed by atoms with Crippen LogP contribution in [0.1, 0.15) is 38.5 Å². The summed E-state index contributed by atoms with van der Waals surface area (Å²) in [7, 11) is 0. The van der Waals surface area contributed by atoms with Crippen molar-refractivity contribution >= 4 is 0 Å². The molecule has 1 rings (SSSR count). The predicted octanol–water partition coefficient (Wildman–Crippen LogP) is 1.28. The van der Waals surface area contributed by atoms with Crippen LogP contribution in [0, 0.1) is 5.92 Å². The van der Waals surface area contributed by atoms with Crippen LogP contribution in [-0.2, 0) is 0 Å². The Hall–Kier alpha value is -0.0800. The maximum absolute atomic E-state index is 9.29. The number of aliphatic hydroxyl groups excluding tert-OH is 1. The van der Waals surface area contributed by atoms with Crippen LogP contribution in [0.3, 0.4) is 0 Å². The van der Waals surface area contributed by atoms with Gasteiger partial charge in [-0.2, -0.15) is 0 Å². The molecule has 0 bridgehead atoms. The lowest BCUT2D eigenvalue weighted by atomic mass is 9.85. The summed E-state index contributed by atoms with van der Waals surface area (Å²) < 4.78 is 0. The van der Waals surface area contributed by atoms with Gasteiger partial charge in [-0.15, -0.1) is 0 Å². The van der Waals surface area contributed by atoms with Crippen LogP contribution in [-0.4, -0.2) is 17.8 Å².